The Bertz CT molecular complexity index is 1150. The van der Waals surface area contributed by atoms with Gasteiger partial charge in [0, 0.05) is 22.9 Å². The number of aromatic nitrogens is 1. The quantitative estimate of drug-likeness (QED) is 0.483. The number of nitrogens with zero attached hydrogens (tertiary/aromatic N) is 2. The predicted octanol–water partition coefficient (Wildman–Crippen LogP) is 4.57. The topological polar surface area (TPSA) is 40.8 Å². The maximum atomic E-state index is 9.37. The monoisotopic (exact) mass is 313 g/mol. The highest BCUT2D eigenvalue weighted by molar-refractivity contribution is 6.13. The number of aryl methyl sites for hydroxylation is 3. The molecule has 0 atom stereocenters. The second-order valence-electron chi connectivity index (χ2n) is 6.23. The van der Waals surface area contributed by atoms with Crippen LogP contribution in [0.1, 0.15) is 16.7 Å². The van der Waals surface area contributed by atoms with Crippen LogP contribution in [0.3, 0.4) is 0 Å². The van der Waals surface area contributed by atoms with E-state index < -0.39 is 0 Å². The number of pyridine rings is 1. The zero-order valence-corrected chi connectivity index (χ0v) is 13.9. The third-order valence-electron chi connectivity index (χ3n) is 4.55. The number of rotatable bonds is 1. The zero-order valence-electron chi connectivity index (χ0n) is 13.9. The van der Waals surface area contributed by atoms with E-state index in [1.54, 1.807) is 6.07 Å². The molecule has 0 N–H and O–H groups in total. The van der Waals surface area contributed by atoms with Gasteiger partial charge < -0.3 is 4.42 Å². The summed E-state index contributed by atoms with van der Waals surface area (Å²) in [6.07, 6.45) is 2.08. The molecule has 4 aromatic rings. The molecular formula is C21H17N2O+. The van der Waals surface area contributed by atoms with Gasteiger partial charge in [-0.3, -0.25) is 0 Å². The molecule has 3 nitrogen and oxygen atoms in total. The Morgan fingerprint density at radius 2 is 1.92 bits per heavy atom. The van der Waals surface area contributed by atoms with Crippen LogP contribution in [-0.4, -0.2) is 0 Å². The summed E-state index contributed by atoms with van der Waals surface area (Å²) in [6, 6.07) is 16.3. The number of para-hydroxylation sites is 1. The molecule has 0 aliphatic carbocycles. The first-order valence-electron chi connectivity index (χ1n) is 7.91. The van der Waals surface area contributed by atoms with Crippen LogP contribution in [0, 0.1) is 25.2 Å². The SMILES string of the molecule is Cc1cc[n+](C)c(-c2c(C)ccc3oc4c(C#N)cccc4c23)c1. The molecule has 0 amide bonds. The van der Waals surface area contributed by atoms with Crippen molar-refractivity contribution in [2.24, 2.45) is 7.05 Å². The van der Waals surface area contributed by atoms with Crippen molar-refractivity contribution in [2.75, 3.05) is 0 Å². The molecule has 0 saturated carbocycles. The van der Waals surface area contributed by atoms with Gasteiger partial charge in [-0.25, -0.2) is 4.57 Å². The molecule has 3 heteroatoms. The van der Waals surface area contributed by atoms with Gasteiger partial charge in [-0.2, -0.15) is 5.26 Å². The van der Waals surface area contributed by atoms with E-state index in [1.807, 2.05) is 18.2 Å². The van der Waals surface area contributed by atoms with Gasteiger partial charge in [-0.1, -0.05) is 18.2 Å². The summed E-state index contributed by atoms with van der Waals surface area (Å²) in [4.78, 5) is 0. The van der Waals surface area contributed by atoms with Crippen LogP contribution in [0.5, 0.6) is 0 Å². The molecule has 116 valence electrons. The molecule has 0 fully saturated rings. The average molecular weight is 313 g/mol. The van der Waals surface area contributed by atoms with Crippen molar-refractivity contribution in [1.82, 2.24) is 0 Å². The lowest BCUT2D eigenvalue weighted by atomic mass is 9.97. The Balaban J connectivity index is 2.22. The summed E-state index contributed by atoms with van der Waals surface area (Å²) in [6.45, 7) is 4.21. The minimum Gasteiger partial charge on any atom is -0.455 e. The molecule has 4 rings (SSSR count). The van der Waals surface area contributed by atoms with Gasteiger partial charge in [0.25, 0.3) is 0 Å². The molecular weight excluding hydrogens is 296 g/mol. The van der Waals surface area contributed by atoms with Crippen molar-refractivity contribution in [3.8, 4) is 17.3 Å². The third kappa shape index (κ3) is 2.00. The minimum atomic E-state index is 0.570. The lowest BCUT2D eigenvalue weighted by Crippen LogP contribution is -2.30. The van der Waals surface area contributed by atoms with E-state index in [2.05, 4.69) is 55.9 Å². The lowest BCUT2D eigenvalue weighted by molar-refractivity contribution is -0.660. The third-order valence-corrected chi connectivity index (χ3v) is 4.55. The Morgan fingerprint density at radius 3 is 2.71 bits per heavy atom. The molecule has 2 heterocycles. The first-order chi connectivity index (χ1) is 11.6. The van der Waals surface area contributed by atoms with E-state index in [-0.39, 0.29) is 0 Å². The van der Waals surface area contributed by atoms with Crippen molar-refractivity contribution in [3.63, 3.8) is 0 Å². The van der Waals surface area contributed by atoms with Gasteiger partial charge in [0.05, 0.1) is 11.1 Å². The van der Waals surface area contributed by atoms with E-state index in [0.717, 1.165) is 27.6 Å². The van der Waals surface area contributed by atoms with Gasteiger partial charge >= 0.3 is 0 Å². The molecule has 0 aliphatic heterocycles. The molecule has 0 bridgehead atoms. The van der Waals surface area contributed by atoms with E-state index in [9.17, 15) is 5.26 Å². The van der Waals surface area contributed by atoms with Crippen LogP contribution in [0.15, 0.2) is 53.1 Å². The predicted molar refractivity (Wildman–Crippen MR) is 94.5 cm³/mol. The molecule has 0 aliphatic rings. The molecule has 0 spiro atoms. The van der Waals surface area contributed by atoms with Gasteiger partial charge in [0.2, 0.25) is 5.69 Å². The highest BCUT2D eigenvalue weighted by Crippen LogP contribution is 2.38. The van der Waals surface area contributed by atoms with E-state index in [4.69, 9.17) is 4.42 Å². The van der Waals surface area contributed by atoms with Crippen molar-refractivity contribution in [3.05, 3.63) is 65.4 Å². The second kappa shape index (κ2) is 5.21. The number of fused-ring (bicyclic) bond motifs is 3. The van der Waals surface area contributed by atoms with Crippen LogP contribution < -0.4 is 4.57 Å². The highest BCUT2D eigenvalue weighted by atomic mass is 16.3. The molecule has 0 radical (unpaired) electrons. The van der Waals surface area contributed by atoms with Gasteiger partial charge in [-0.05, 0) is 37.1 Å². The summed E-state index contributed by atoms with van der Waals surface area (Å²) < 4.78 is 8.16. The molecule has 2 aromatic heterocycles. The summed E-state index contributed by atoms with van der Waals surface area (Å²) in [5.74, 6) is 0. The smallest absolute Gasteiger partial charge is 0.213 e. The standard InChI is InChI=1S/C21H17N2O/c1-13-9-10-23(3)17(11-13)19-14(2)7-8-18-20(19)16-6-4-5-15(12-22)21(16)24-18/h4-11H,1-3H3/q+1. The van der Waals surface area contributed by atoms with Crippen LogP contribution in [0.2, 0.25) is 0 Å². The summed E-state index contributed by atoms with van der Waals surface area (Å²) in [5, 5.41) is 11.4. The van der Waals surface area contributed by atoms with Gasteiger partial charge in [-0.15, -0.1) is 0 Å². The first kappa shape index (κ1) is 14.5. The second-order valence-corrected chi connectivity index (χ2v) is 6.23. The van der Waals surface area contributed by atoms with Gasteiger partial charge in [0.1, 0.15) is 18.7 Å². The molecule has 24 heavy (non-hydrogen) atoms. The van der Waals surface area contributed by atoms with E-state index in [1.165, 1.54) is 11.1 Å². The molecule has 0 saturated heterocycles. The van der Waals surface area contributed by atoms with Crippen LogP contribution in [-0.2, 0) is 7.05 Å². The Morgan fingerprint density at radius 1 is 1.08 bits per heavy atom. The number of furan rings is 1. The van der Waals surface area contributed by atoms with Crippen molar-refractivity contribution in [2.45, 2.75) is 13.8 Å². The summed E-state index contributed by atoms with van der Waals surface area (Å²) >= 11 is 0. The van der Waals surface area contributed by atoms with Crippen LogP contribution in [0.25, 0.3) is 33.2 Å². The van der Waals surface area contributed by atoms with Crippen molar-refractivity contribution in [1.29, 1.82) is 5.26 Å². The Hall–Kier alpha value is -3.12. The summed E-state index contributed by atoms with van der Waals surface area (Å²) in [5.41, 5.74) is 6.75. The average Bonchev–Trinajstić information content (AvgIpc) is 2.96. The fraction of sp³-hybridized carbons (Fsp3) is 0.143. The normalized spacial score (nSPS) is 11.1. The highest BCUT2D eigenvalue weighted by Gasteiger charge is 2.21. The van der Waals surface area contributed by atoms with E-state index >= 15 is 0 Å². The number of benzene rings is 2. The summed E-state index contributed by atoms with van der Waals surface area (Å²) in [7, 11) is 2.05. The maximum Gasteiger partial charge on any atom is 0.213 e. The zero-order chi connectivity index (χ0) is 16.8. The largest absolute Gasteiger partial charge is 0.455 e. The first-order valence-corrected chi connectivity index (χ1v) is 7.91. The maximum absolute atomic E-state index is 9.37. The van der Waals surface area contributed by atoms with Crippen molar-refractivity contribution < 1.29 is 8.98 Å². The lowest BCUT2D eigenvalue weighted by Gasteiger charge is -2.07. The molecule has 2 aromatic carbocycles. The molecule has 0 unspecified atom stereocenters. The van der Waals surface area contributed by atoms with Crippen molar-refractivity contribution >= 4 is 21.9 Å². The number of nitriles is 1. The number of hydrogen-bond acceptors (Lipinski definition) is 2. The van der Waals surface area contributed by atoms with E-state index in [0.29, 0.717) is 11.1 Å². The fourth-order valence-corrected chi connectivity index (χ4v) is 3.34. The number of hydrogen-bond donors (Lipinski definition) is 0. The minimum absolute atomic E-state index is 0.570. The Labute approximate surface area is 140 Å². The van der Waals surface area contributed by atoms with Crippen LogP contribution in [0.4, 0.5) is 0 Å². The van der Waals surface area contributed by atoms with Crippen LogP contribution >= 0.6 is 0 Å². The van der Waals surface area contributed by atoms with Gasteiger partial charge in [0.15, 0.2) is 11.8 Å². The fourth-order valence-electron chi connectivity index (χ4n) is 3.34. The Kier molecular flexibility index (Phi) is 3.14.